The number of aromatic nitrogens is 3. The summed E-state index contributed by atoms with van der Waals surface area (Å²) < 4.78 is 25.5. The van der Waals surface area contributed by atoms with Gasteiger partial charge in [-0.15, -0.1) is 5.10 Å². The third kappa shape index (κ3) is 9.24. The van der Waals surface area contributed by atoms with E-state index < -0.39 is 39.5 Å². The van der Waals surface area contributed by atoms with E-state index in [1.54, 1.807) is 47.0 Å². The summed E-state index contributed by atoms with van der Waals surface area (Å²) in [5.74, 6) is -1.67. The Balaban J connectivity index is 0.723. The van der Waals surface area contributed by atoms with Crippen LogP contribution in [-0.4, -0.2) is 120 Å². The molecule has 2 saturated heterocycles. The van der Waals surface area contributed by atoms with E-state index in [1.165, 1.54) is 6.26 Å². The van der Waals surface area contributed by atoms with Crippen LogP contribution in [0.2, 0.25) is 0 Å². The maximum atomic E-state index is 13.1. The molecule has 5 amide bonds. The molecule has 4 N–H and O–H groups in total. The number of rotatable bonds is 15. The van der Waals surface area contributed by atoms with Crippen LogP contribution in [0.15, 0.2) is 89.8 Å². The summed E-state index contributed by atoms with van der Waals surface area (Å²) in [5.41, 5.74) is 5.35. The fourth-order valence-electron chi connectivity index (χ4n) is 7.83. The third-order valence-electron chi connectivity index (χ3n) is 11.1. The van der Waals surface area contributed by atoms with Crippen molar-refractivity contribution in [3.63, 3.8) is 0 Å². The monoisotopic (exact) mass is 846 g/mol. The van der Waals surface area contributed by atoms with Crippen LogP contribution in [0.4, 0.5) is 23.0 Å². The average Bonchev–Trinajstić information content (AvgIpc) is 3.77. The Hall–Kier alpha value is -6.66. The highest BCUT2D eigenvalue weighted by Crippen LogP contribution is 2.30. The molecule has 5 heterocycles. The zero-order valence-corrected chi connectivity index (χ0v) is 34.4. The number of piperidine rings is 1. The molecule has 8 rings (SSSR count). The molecule has 17 nitrogen and oxygen atoms in total. The van der Waals surface area contributed by atoms with Gasteiger partial charge >= 0.3 is 0 Å². The minimum atomic E-state index is -3.30. The average molecular weight is 847 g/mol. The van der Waals surface area contributed by atoms with Crippen LogP contribution >= 0.6 is 0 Å². The minimum absolute atomic E-state index is 0.00300. The van der Waals surface area contributed by atoms with E-state index in [-0.39, 0.29) is 34.8 Å². The van der Waals surface area contributed by atoms with Crippen molar-refractivity contribution in [2.45, 2.75) is 43.0 Å². The van der Waals surface area contributed by atoms with E-state index in [1.807, 2.05) is 30.3 Å². The lowest BCUT2D eigenvalue weighted by Crippen LogP contribution is -2.54. The summed E-state index contributed by atoms with van der Waals surface area (Å²) in [6.07, 6.45) is 3.91. The van der Waals surface area contributed by atoms with Crippen molar-refractivity contribution >= 4 is 68.0 Å². The molecular weight excluding hydrogens is 801 g/mol. The molecule has 2 aromatic heterocycles. The van der Waals surface area contributed by atoms with E-state index in [0.29, 0.717) is 36.9 Å². The Morgan fingerprint density at radius 3 is 2.28 bits per heavy atom. The van der Waals surface area contributed by atoms with Gasteiger partial charge in [0.1, 0.15) is 6.04 Å². The first-order valence-electron chi connectivity index (χ1n) is 20.3. The number of nitrogens with one attached hydrogen (secondary N) is 4. The van der Waals surface area contributed by atoms with E-state index in [9.17, 15) is 32.4 Å². The lowest BCUT2D eigenvalue weighted by molar-refractivity contribution is -0.136. The number of imide groups is 2. The molecule has 0 radical (unpaired) electrons. The normalized spacial score (nSPS) is 17.1. The number of hydrogen-bond acceptors (Lipinski definition) is 13. The molecule has 0 bridgehead atoms. The second-order valence-corrected chi connectivity index (χ2v) is 17.4. The number of pyridine rings is 1. The molecule has 3 aliphatic rings. The van der Waals surface area contributed by atoms with Crippen molar-refractivity contribution in [2.75, 3.05) is 67.6 Å². The van der Waals surface area contributed by atoms with Crippen molar-refractivity contribution in [2.24, 2.45) is 0 Å². The number of piperazine rings is 1. The number of anilines is 4. The zero-order chi connectivity index (χ0) is 42.7. The molecule has 18 heteroatoms. The van der Waals surface area contributed by atoms with Gasteiger partial charge < -0.3 is 20.9 Å². The summed E-state index contributed by atoms with van der Waals surface area (Å²) in [6, 6.07) is 24.4. The van der Waals surface area contributed by atoms with Gasteiger partial charge in [-0.3, -0.25) is 39.1 Å². The lowest BCUT2D eigenvalue weighted by atomic mass is 10.0. The second-order valence-electron chi connectivity index (χ2n) is 15.4. The van der Waals surface area contributed by atoms with Crippen LogP contribution in [0.25, 0.3) is 16.9 Å². The number of amides is 5. The van der Waals surface area contributed by atoms with E-state index in [2.05, 4.69) is 53.3 Å². The standard InChI is InChI=1S/C43H46N10O7S/c1-61(59,60)32-15-8-28(9-16-32)35-6-5-7-37-47-43(49-53(35)37)46-29-10-13-31(14-11-29)51-24-22-50(23-25-51)27-39(55)45-21-4-2-3-20-44-30-12-17-33-34(26-30)42(58)52(41(33)57)36-18-19-38(54)48-40(36)56/h5-17,26,36,44H,2-4,18-25,27H2,1H3,(H,45,55)(H,46,49)(H,48,54,56). The van der Waals surface area contributed by atoms with Crippen LogP contribution in [0.3, 0.4) is 0 Å². The first-order chi connectivity index (χ1) is 29.4. The number of hydrogen-bond donors (Lipinski definition) is 4. The van der Waals surface area contributed by atoms with Crippen LogP contribution < -0.4 is 26.2 Å². The quantitative estimate of drug-likeness (QED) is 0.0881. The maximum Gasteiger partial charge on any atom is 0.262 e. The Morgan fingerprint density at radius 1 is 0.820 bits per heavy atom. The summed E-state index contributed by atoms with van der Waals surface area (Å²) in [6.45, 7) is 4.69. The number of sulfone groups is 1. The first-order valence-corrected chi connectivity index (χ1v) is 22.2. The van der Waals surface area contributed by atoms with Crippen molar-refractivity contribution in [3.05, 3.63) is 96.1 Å². The van der Waals surface area contributed by atoms with Gasteiger partial charge in [0.15, 0.2) is 15.5 Å². The van der Waals surface area contributed by atoms with Gasteiger partial charge in [0.25, 0.3) is 11.8 Å². The Morgan fingerprint density at radius 2 is 1.54 bits per heavy atom. The molecule has 3 aliphatic heterocycles. The molecule has 1 unspecified atom stereocenters. The molecular formula is C43H46N10O7S. The predicted molar refractivity (Wildman–Crippen MR) is 228 cm³/mol. The highest BCUT2D eigenvalue weighted by Gasteiger charge is 2.44. The summed E-state index contributed by atoms with van der Waals surface area (Å²) >= 11 is 0. The number of carbonyl (C=O) groups is 5. The Labute approximate surface area is 352 Å². The number of benzene rings is 3. The van der Waals surface area contributed by atoms with Crippen molar-refractivity contribution in [1.82, 2.24) is 35.0 Å². The fraction of sp³-hybridized carbons (Fsp3) is 0.326. The number of carbonyl (C=O) groups excluding carboxylic acids is 5. The van der Waals surface area contributed by atoms with Crippen LogP contribution in [0, 0.1) is 0 Å². The minimum Gasteiger partial charge on any atom is -0.385 e. The topological polar surface area (TPSA) is 208 Å². The van der Waals surface area contributed by atoms with Gasteiger partial charge in [-0.25, -0.2) is 12.9 Å². The third-order valence-corrected chi connectivity index (χ3v) is 12.2. The van der Waals surface area contributed by atoms with Crippen molar-refractivity contribution < 1.29 is 32.4 Å². The second kappa shape index (κ2) is 17.5. The van der Waals surface area contributed by atoms with Crippen molar-refractivity contribution in [1.29, 1.82) is 0 Å². The summed E-state index contributed by atoms with van der Waals surface area (Å²) in [7, 11) is -3.30. The van der Waals surface area contributed by atoms with Crippen LogP contribution in [-0.2, 0) is 24.2 Å². The van der Waals surface area contributed by atoms with Crippen LogP contribution in [0.5, 0.6) is 0 Å². The molecule has 0 spiro atoms. The Bertz CT molecular complexity index is 2610. The highest BCUT2D eigenvalue weighted by molar-refractivity contribution is 7.90. The van der Waals surface area contributed by atoms with Gasteiger partial charge in [-0.1, -0.05) is 18.2 Å². The molecule has 0 aliphatic carbocycles. The predicted octanol–water partition coefficient (Wildman–Crippen LogP) is 3.47. The number of fused-ring (bicyclic) bond motifs is 2. The molecule has 2 fully saturated rings. The fourth-order valence-corrected chi connectivity index (χ4v) is 8.46. The molecule has 0 saturated carbocycles. The van der Waals surface area contributed by atoms with Crippen LogP contribution in [0.1, 0.15) is 52.8 Å². The van der Waals surface area contributed by atoms with E-state index in [4.69, 9.17) is 0 Å². The van der Waals surface area contributed by atoms with Gasteiger partial charge in [-0.2, -0.15) is 4.98 Å². The molecule has 61 heavy (non-hydrogen) atoms. The molecule has 3 aromatic carbocycles. The number of unbranched alkanes of at least 4 members (excludes halogenated alkanes) is 2. The molecule has 1 atom stereocenters. The SMILES string of the molecule is CS(=O)(=O)c1ccc(-c2cccc3nc(Nc4ccc(N5CCN(CC(=O)NCCCCCNc6ccc7c(c6)C(=O)N(C6CCC(=O)NC6=O)C7=O)CC5)cc4)nn23)cc1. The number of nitrogens with zero attached hydrogens (tertiary/aromatic N) is 6. The van der Waals surface area contributed by atoms with Gasteiger partial charge in [0, 0.05) is 74.6 Å². The highest BCUT2D eigenvalue weighted by atomic mass is 32.2. The maximum absolute atomic E-state index is 13.1. The lowest BCUT2D eigenvalue weighted by Gasteiger charge is -2.35. The van der Waals surface area contributed by atoms with Gasteiger partial charge in [-0.05, 0) is 92.4 Å². The summed E-state index contributed by atoms with van der Waals surface area (Å²) in [5, 5.41) is 16.5. The van der Waals surface area contributed by atoms with Gasteiger partial charge in [0.2, 0.25) is 23.7 Å². The van der Waals surface area contributed by atoms with E-state index >= 15 is 0 Å². The molecule has 316 valence electrons. The Kier molecular flexibility index (Phi) is 11.8. The molecule has 5 aromatic rings. The zero-order valence-electron chi connectivity index (χ0n) is 33.6. The smallest absolute Gasteiger partial charge is 0.262 e. The van der Waals surface area contributed by atoms with Crippen molar-refractivity contribution in [3.8, 4) is 11.3 Å². The van der Waals surface area contributed by atoms with E-state index in [0.717, 1.165) is 73.0 Å². The largest absolute Gasteiger partial charge is 0.385 e. The van der Waals surface area contributed by atoms with Gasteiger partial charge in [0.05, 0.1) is 28.3 Å². The summed E-state index contributed by atoms with van der Waals surface area (Å²) in [4.78, 5) is 72.9. The first kappa shape index (κ1) is 41.1.